The molecule has 104 valence electrons. The number of nitrogens with one attached hydrogen (secondary N) is 1. The van der Waals surface area contributed by atoms with E-state index in [-0.39, 0.29) is 11.7 Å². The number of hydrogen-bond acceptors (Lipinski definition) is 4. The van der Waals surface area contributed by atoms with E-state index in [9.17, 15) is 9.59 Å². The Morgan fingerprint density at radius 3 is 2.11 bits per heavy atom. The van der Waals surface area contributed by atoms with Gasteiger partial charge in [-0.25, -0.2) is 4.79 Å². The summed E-state index contributed by atoms with van der Waals surface area (Å²) in [5.41, 5.74) is -0.376. The van der Waals surface area contributed by atoms with Gasteiger partial charge in [-0.1, -0.05) is 0 Å². The van der Waals surface area contributed by atoms with Crippen LogP contribution in [0, 0.1) is 12.8 Å². The highest BCUT2D eigenvalue weighted by Gasteiger charge is 2.25. The zero-order valence-electron chi connectivity index (χ0n) is 11.6. The first-order valence-electron chi connectivity index (χ1n) is 5.77. The minimum Gasteiger partial charge on any atom is -0.468 e. The van der Waals surface area contributed by atoms with Crippen LogP contribution in [0.3, 0.4) is 0 Å². The SMILES string of the molecule is C#C.CC(C)(C)OC(=O)NC1CC1.CCOC=O. The average molecular weight is 257 g/mol. The van der Waals surface area contributed by atoms with E-state index in [4.69, 9.17) is 4.74 Å². The molecule has 0 aromatic rings. The van der Waals surface area contributed by atoms with E-state index >= 15 is 0 Å². The lowest BCUT2D eigenvalue weighted by atomic mass is 10.2. The molecule has 0 aromatic carbocycles. The number of rotatable bonds is 3. The topological polar surface area (TPSA) is 64.6 Å². The predicted octanol–water partition coefficient (Wildman–Crippen LogP) is 2.10. The first-order chi connectivity index (χ1) is 8.39. The fourth-order valence-electron chi connectivity index (χ4n) is 0.770. The summed E-state index contributed by atoms with van der Waals surface area (Å²) >= 11 is 0. The van der Waals surface area contributed by atoms with Crippen molar-refractivity contribution in [1.82, 2.24) is 5.32 Å². The van der Waals surface area contributed by atoms with Gasteiger partial charge in [0.2, 0.25) is 0 Å². The lowest BCUT2D eigenvalue weighted by molar-refractivity contribution is -0.128. The predicted molar refractivity (Wildman–Crippen MR) is 70.0 cm³/mol. The van der Waals surface area contributed by atoms with Crippen LogP contribution in [0.5, 0.6) is 0 Å². The number of hydrogen-bond donors (Lipinski definition) is 1. The van der Waals surface area contributed by atoms with Crippen LogP contribution in [0.25, 0.3) is 0 Å². The van der Waals surface area contributed by atoms with Crippen LogP contribution in [-0.4, -0.2) is 30.8 Å². The van der Waals surface area contributed by atoms with E-state index in [0.717, 1.165) is 12.8 Å². The van der Waals surface area contributed by atoms with E-state index in [1.165, 1.54) is 0 Å². The molecule has 18 heavy (non-hydrogen) atoms. The molecular weight excluding hydrogens is 234 g/mol. The highest BCUT2D eigenvalue weighted by Crippen LogP contribution is 2.19. The fraction of sp³-hybridized carbons (Fsp3) is 0.692. The highest BCUT2D eigenvalue weighted by atomic mass is 16.6. The van der Waals surface area contributed by atoms with E-state index in [0.29, 0.717) is 19.1 Å². The number of amides is 1. The molecule has 0 aromatic heterocycles. The third-order valence-electron chi connectivity index (χ3n) is 1.53. The van der Waals surface area contributed by atoms with Crippen LogP contribution >= 0.6 is 0 Å². The van der Waals surface area contributed by atoms with Gasteiger partial charge in [0.25, 0.3) is 6.47 Å². The molecule has 0 bridgehead atoms. The second-order valence-electron chi connectivity index (χ2n) is 4.47. The first kappa shape index (κ1) is 18.7. The summed E-state index contributed by atoms with van der Waals surface area (Å²) in [5, 5.41) is 2.75. The Morgan fingerprint density at radius 2 is 1.89 bits per heavy atom. The molecule has 1 aliphatic rings. The van der Waals surface area contributed by atoms with Crippen molar-refractivity contribution in [2.24, 2.45) is 0 Å². The maximum atomic E-state index is 11.0. The molecule has 5 nitrogen and oxygen atoms in total. The molecule has 0 radical (unpaired) electrons. The van der Waals surface area contributed by atoms with Crippen LogP contribution in [0.15, 0.2) is 0 Å². The van der Waals surface area contributed by atoms with Crippen molar-refractivity contribution in [3.63, 3.8) is 0 Å². The first-order valence-corrected chi connectivity index (χ1v) is 5.77. The second kappa shape index (κ2) is 10.5. The van der Waals surface area contributed by atoms with Gasteiger partial charge in [-0.2, -0.15) is 0 Å². The molecule has 1 fully saturated rings. The lowest BCUT2D eigenvalue weighted by Crippen LogP contribution is -2.33. The van der Waals surface area contributed by atoms with Gasteiger partial charge in [-0.3, -0.25) is 4.79 Å². The Balaban J connectivity index is 0. The Hall–Kier alpha value is -1.70. The number of terminal acetylenes is 1. The molecule has 0 aliphatic heterocycles. The molecule has 0 unspecified atom stereocenters. The molecule has 0 atom stereocenters. The fourth-order valence-corrected chi connectivity index (χ4v) is 0.770. The molecule has 1 saturated carbocycles. The van der Waals surface area contributed by atoms with Crippen LogP contribution < -0.4 is 5.32 Å². The third kappa shape index (κ3) is 16.7. The minimum atomic E-state index is -0.376. The molecule has 1 aliphatic carbocycles. The van der Waals surface area contributed by atoms with Gasteiger partial charge < -0.3 is 14.8 Å². The van der Waals surface area contributed by atoms with Gasteiger partial charge in [-0.05, 0) is 40.5 Å². The molecule has 5 heteroatoms. The second-order valence-corrected chi connectivity index (χ2v) is 4.47. The van der Waals surface area contributed by atoms with Gasteiger partial charge in [0.15, 0.2) is 0 Å². The van der Waals surface area contributed by atoms with Crippen molar-refractivity contribution in [2.75, 3.05) is 6.61 Å². The lowest BCUT2D eigenvalue weighted by Gasteiger charge is -2.19. The minimum absolute atomic E-state index is 0.292. The summed E-state index contributed by atoms with van der Waals surface area (Å²) in [7, 11) is 0. The summed E-state index contributed by atoms with van der Waals surface area (Å²) in [6.45, 7) is 8.25. The summed E-state index contributed by atoms with van der Waals surface area (Å²) in [6.07, 6.45) is 9.90. The van der Waals surface area contributed by atoms with Crippen LogP contribution in [0.1, 0.15) is 40.5 Å². The van der Waals surface area contributed by atoms with Gasteiger partial charge in [0, 0.05) is 6.04 Å². The van der Waals surface area contributed by atoms with Crippen molar-refractivity contribution in [3.8, 4) is 12.8 Å². The van der Waals surface area contributed by atoms with Crippen molar-refractivity contribution in [3.05, 3.63) is 0 Å². The zero-order valence-corrected chi connectivity index (χ0v) is 11.6. The molecular formula is C13H23NO4. The van der Waals surface area contributed by atoms with Gasteiger partial charge >= 0.3 is 6.09 Å². The molecule has 0 saturated heterocycles. The Bertz CT molecular complexity index is 251. The monoisotopic (exact) mass is 257 g/mol. The number of ether oxygens (including phenoxy) is 2. The molecule has 1 amide bonds. The van der Waals surface area contributed by atoms with Crippen LogP contribution in [0.2, 0.25) is 0 Å². The van der Waals surface area contributed by atoms with E-state index < -0.39 is 0 Å². The van der Waals surface area contributed by atoms with E-state index in [1.807, 2.05) is 20.8 Å². The molecule has 0 spiro atoms. The van der Waals surface area contributed by atoms with E-state index in [1.54, 1.807) is 6.92 Å². The Labute approximate surface area is 109 Å². The quantitative estimate of drug-likeness (QED) is 0.621. The average Bonchev–Trinajstić information content (AvgIpc) is 3.04. The smallest absolute Gasteiger partial charge is 0.407 e. The number of carbonyl (C=O) groups is 2. The maximum absolute atomic E-state index is 11.0. The van der Waals surface area contributed by atoms with Gasteiger partial charge in [0.1, 0.15) is 5.60 Å². The summed E-state index contributed by atoms with van der Waals surface area (Å²) in [4.78, 5) is 20.2. The van der Waals surface area contributed by atoms with Crippen molar-refractivity contribution in [1.29, 1.82) is 0 Å². The maximum Gasteiger partial charge on any atom is 0.407 e. The van der Waals surface area contributed by atoms with Crippen molar-refractivity contribution < 1.29 is 19.1 Å². The van der Waals surface area contributed by atoms with Crippen molar-refractivity contribution in [2.45, 2.75) is 52.2 Å². The number of alkyl carbamates (subject to hydrolysis) is 1. The van der Waals surface area contributed by atoms with Gasteiger partial charge in [-0.15, -0.1) is 12.8 Å². The summed E-state index contributed by atoms with van der Waals surface area (Å²) in [6, 6.07) is 0.379. The third-order valence-corrected chi connectivity index (χ3v) is 1.53. The zero-order chi connectivity index (χ0) is 14.6. The molecule has 0 heterocycles. The largest absolute Gasteiger partial charge is 0.468 e. The molecule has 1 N–H and O–H groups in total. The van der Waals surface area contributed by atoms with Gasteiger partial charge in [0.05, 0.1) is 6.61 Å². The summed E-state index contributed by atoms with van der Waals surface area (Å²) < 4.78 is 9.19. The van der Waals surface area contributed by atoms with Crippen molar-refractivity contribution >= 4 is 12.6 Å². The normalized spacial score (nSPS) is 12.8. The number of carbonyl (C=O) groups excluding carboxylic acids is 2. The Morgan fingerprint density at radius 1 is 1.39 bits per heavy atom. The summed E-state index contributed by atoms with van der Waals surface area (Å²) in [5.74, 6) is 0. The highest BCUT2D eigenvalue weighted by molar-refractivity contribution is 5.68. The standard InChI is InChI=1S/C8H15NO2.C3H6O2.C2H2/c1-8(2,3)11-7(10)9-6-4-5-6;1-2-5-3-4;1-2/h6H,4-5H2,1-3H3,(H,9,10);3H,2H2,1H3;1-2H. The van der Waals surface area contributed by atoms with Crippen LogP contribution in [0.4, 0.5) is 4.79 Å². The van der Waals surface area contributed by atoms with E-state index in [2.05, 4.69) is 22.9 Å². The van der Waals surface area contributed by atoms with Crippen LogP contribution in [-0.2, 0) is 14.3 Å². The molecule has 1 rings (SSSR count). The Kier molecular flexibility index (Phi) is 10.8.